The second-order valence-corrected chi connectivity index (χ2v) is 4.38. The van der Waals surface area contributed by atoms with Crippen LogP contribution in [0.1, 0.15) is 36.7 Å². The third-order valence-electron chi connectivity index (χ3n) is 2.60. The molecule has 0 aliphatic carbocycles. The second-order valence-electron chi connectivity index (χ2n) is 3.98. The van der Waals surface area contributed by atoms with Crippen molar-refractivity contribution in [2.75, 3.05) is 0 Å². The largest absolute Gasteiger partial charge is 0.338 e. The van der Waals surface area contributed by atoms with Gasteiger partial charge in [-0.2, -0.15) is 4.98 Å². The van der Waals surface area contributed by atoms with E-state index < -0.39 is 0 Å². The van der Waals surface area contributed by atoms with E-state index in [1.165, 1.54) is 12.1 Å². The van der Waals surface area contributed by atoms with Gasteiger partial charge in [0.1, 0.15) is 5.82 Å². The van der Waals surface area contributed by atoms with Crippen molar-refractivity contribution >= 4 is 11.6 Å². The van der Waals surface area contributed by atoms with Gasteiger partial charge in [0.15, 0.2) is 5.82 Å². The number of benzene rings is 1. The molecule has 96 valence electrons. The van der Waals surface area contributed by atoms with Crippen molar-refractivity contribution in [3.63, 3.8) is 0 Å². The van der Waals surface area contributed by atoms with Gasteiger partial charge < -0.3 is 10.3 Å². The van der Waals surface area contributed by atoms with E-state index in [0.29, 0.717) is 23.2 Å². The van der Waals surface area contributed by atoms with E-state index in [1.807, 2.05) is 6.92 Å². The average Bonchev–Trinajstić information content (AvgIpc) is 2.80. The highest BCUT2D eigenvalue weighted by Crippen LogP contribution is 2.20. The van der Waals surface area contributed by atoms with Gasteiger partial charge in [0.2, 0.25) is 5.89 Å². The van der Waals surface area contributed by atoms with Crippen LogP contribution >= 0.6 is 11.6 Å². The summed E-state index contributed by atoms with van der Waals surface area (Å²) < 4.78 is 17.9. The quantitative estimate of drug-likeness (QED) is 0.927. The maximum atomic E-state index is 12.9. The first-order chi connectivity index (χ1) is 8.60. The summed E-state index contributed by atoms with van der Waals surface area (Å²) in [5, 5.41) is 4.17. The predicted octanol–water partition coefficient (Wildman–Crippen LogP) is 2.86. The van der Waals surface area contributed by atoms with Crippen molar-refractivity contribution in [1.82, 2.24) is 10.1 Å². The molecular formula is C12H13ClFN3O. The topological polar surface area (TPSA) is 64.9 Å². The van der Waals surface area contributed by atoms with E-state index in [1.54, 1.807) is 6.07 Å². The minimum atomic E-state index is -0.370. The molecule has 2 rings (SSSR count). The summed E-state index contributed by atoms with van der Waals surface area (Å²) in [6.07, 6.45) is 1.11. The number of nitrogens with two attached hydrogens (primary N) is 1. The molecular weight excluding hydrogens is 257 g/mol. The summed E-state index contributed by atoms with van der Waals surface area (Å²) in [5.41, 5.74) is 6.52. The van der Waals surface area contributed by atoms with E-state index in [2.05, 4.69) is 10.1 Å². The third-order valence-corrected chi connectivity index (χ3v) is 2.96. The molecule has 0 aliphatic heterocycles. The Morgan fingerprint density at radius 2 is 2.28 bits per heavy atom. The molecule has 1 atom stereocenters. The number of nitrogens with zero attached hydrogens (tertiary/aromatic N) is 2. The highest BCUT2D eigenvalue weighted by atomic mass is 35.5. The first-order valence-corrected chi connectivity index (χ1v) is 6.00. The Kier molecular flexibility index (Phi) is 3.93. The fourth-order valence-electron chi connectivity index (χ4n) is 1.50. The molecule has 1 aromatic heterocycles. The van der Waals surface area contributed by atoms with Gasteiger partial charge in [-0.25, -0.2) is 4.39 Å². The molecule has 2 N–H and O–H groups in total. The average molecular weight is 270 g/mol. The van der Waals surface area contributed by atoms with Crippen LogP contribution in [0.15, 0.2) is 22.7 Å². The Hall–Kier alpha value is -1.46. The molecule has 0 spiro atoms. The van der Waals surface area contributed by atoms with Crippen molar-refractivity contribution in [2.45, 2.75) is 25.8 Å². The predicted molar refractivity (Wildman–Crippen MR) is 65.7 cm³/mol. The standard InChI is InChI=1S/C12H13ClFN3O/c1-2-10(15)12-16-11(17-18-12)5-7-3-4-8(14)6-9(7)13/h3-4,6,10H,2,5,15H2,1H3/t10-/m0/s1. The lowest BCUT2D eigenvalue weighted by Gasteiger charge is -2.01. The molecule has 18 heavy (non-hydrogen) atoms. The van der Waals surface area contributed by atoms with Gasteiger partial charge in [-0.3, -0.25) is 0 Å². The van der Waals surface area contributed by atoms with Crippen LogP contribution in [0.2, 0.25) is 5.02 Å². The Morgan fingerprint density at radius 1 is 1.50 bits per heavy atom. The molecule has 0 fully saturated rings. The fraction of sp³-hybridized carbons (Fsp3) is 0.333. The van der Waals surface area contributed by atoms with Gasteiger partial charge in [-0.05, 0) is 24.1 Å². The maximum Gasteiger partial charge on any atom is 0.243 e. The lowest BCUT2D eigenvalue weighted by Crippen LogP contribution is -2.09. The van der Waals surface area contributed by atoms with Crippen LogP contribution in [0, 0.1) is 5.82 Å². The number of aromatic nitrogens is 2. The third kappa shape index (κ3) is 2.86. The van der Waals surface area contributed by atoms with E-state index in [9.17, 15) is 4.39 Å². The monoisotopic (exact) mass is 269 g/mol. The van der Waals surface area contributed by atoms with Gasteiger partial charge >= 0.3 is 0 Å². The molecule has 0 saturated heterocycles. The van der Waals surface area contributed by atoms with Crippen LogP contribution < -0.4 is 5.73 Å². The Bertz CT molecular complexity index is 544. The number of hydrogen-bond donors (Lipinski definition) is 1. The van der Waals surface area contributed by atoms with Crippen molar-refractivity contribution in [2.24, 2.45) is 5.73 Å². The number of halogens is 2. The normalized spacial score (nSPS) is 12.7. The van der Waals surface area contributed by atoms with E-state index >= 15 is 0 Å². The number of rotatable bonds is 4. The summed E-state index contributed by atoms with van der Waals surface area (Å²) in [5.74, 6) is 0.527. The molecule has 6 heteroatoms. The first-order valence-electron chi connectivity index (χ1n) is 5.62. The van der Waals surface area contributed by atoms with Crippen LogP contribution in [0.4, 0.5) is 4.39 Å². The molecule has 0 bridgehead atoms. The van der Waals surface area contributed by atoms with E-state index in [-0.39, 0.29) is 11.9 Å². The van der Waals surface area contributed by atoms with Crippen molar-refractivity contribution < 1.29 is 8.91 Å². The zero-order valence-corrected chi connectivity index (χ0v) is 10.6. The maximum absolute atomic E-state index is 12.9. The summed E-state index contributed by atoms with van der Waals surface area (Å²) in [6.45, 7) is 1.94. The van der Waals surface area contributed by atoms with Gasteiger partial charge in [0.05, 0.1) is 6.04 Å². The molecule has 0 amide bonds. The van der Waals surface area contributed by atoms with Crippen LogP contribution in [-0.2, 0) is 6.42 Å². The molecule has 1 heterocycles. The SMILES string of the molecule is CC[C@H](N)c1nc(Cc2ccc(F)cc2Cl)no1. The summed E-state index contributed by atoms with van der Waals surface area (Å²) in [4.78, 5) is 4.18. The second kappa shape index (κ2) is 5.46. The molecule has 0 aliphatic rings. The lowest BCUT2D eigenvalue weighted by molar-refractivity contribution is 0.348. The van der Waals surface area contributed by atoms with Gasteiger partial charge in [-0.15, -0.1) is 0 Å². The van der Waals surface area contributed by atoms with Crippen LogP contribution in [0.3, 0.4) is 0 Å². The first kappa shape index (κ1) is 13.0. The molecule has 0 saturated carbocycles. The summed E-state index contributed by atoms with van der Waals surface area (Å²) >= 11 is 5.93. The highest BCUT2D eigenvalue weighted by Gasteiger charge is 2.14. The zero-order valence-electron chi connectivity index (χ0n) is 9.86. The van der Waals surface area contributed by atoms with Crippen LogP contribution in [0.25, 0.3) is 0 Å². The minimum Gasteiger partial charge on any atom is -0.338 e. The van der Waals surface area contributed by atoms with Crippen LogP contribution in [-0.4, -0.2) is 10.1 Å². The van der Waals surface area contributed by atoms with Crippen molar-refractivity contribution in [3.8, 4) is 0 Å². The van der Waals surface area contributed by atoms with E-state index in [0.717, 1.165) is 12.0 Å². The zero-order chi connectivity index (χ0) is 13.1. The van der Waals surface area contributed by atoms with Crippen molar-refractivity contribution in [1.29, 1.82) is 0 Å². The summed E-state index contributed by atoms with van der Waals surface area (Å²) in [7, 11) is 0. The number of hydrogen-bond acceptors (Lipinski definition) is 4. The lowest BCUT2D eigenvalue weighted by atomic mass is 10.1. The molecule has 4 nitrogen and oxygen atoms in total. The van der Waals surface area contributed by atoms with Gasteiger partial charge in [0, 0.05) is 11.4 Å². The minimum absolute atomic E-state index is 0.255. The van der Waals surface area contributed by atoms with Gasteiger partial charge in [-0.1, -0.05) is 29.7 Å². The van der Waals surface area contributed by atoms with E-state index in [4.69, 9.17) is 21.9 Å². The smallest absolute Gasteiger partial charge is 0.243 e. The highest BCUT2D eigenvalue weighted by molar-refractivity contribution is 6.31. The summed E-state index contributed by atoms with van der Waals surface area (Å²) in [6, 6.07) is 3.96. The Labute approximate surface area is 109 Å². The van der Waals surface area contributed by atoms with Crippen LogP contribution in [0.5, 0.6) is 0 Å². The Balaban J connectivity index is 2.16. The van der Waals surface area contributed by atoms with Gasteiger partial charge in [0.25, 0.3) is 0 Å². The molecule has 1 aromatic carbocycles. The molecule has 2 aromatic rings. The molecule has 0 radical (unpaired) electrons. The molecule has 0 unspecified atom stereocenters. The van der Waals surface area contributed by atoms with Crippen molar-refractivity contribution in [3.05, 3.63) is 46.3 Å². The fourth-order valence-corrected chi connectivity index (χ4v) is 1.73. The Morgan fingerprint density at radius 3 is 2.94 bits per heavy atom.